The molecule has 0 radical (unpaired) electrons. The summed E-state index contributed by atoms with van der Waals surface area (Å²) < 4.78 is 4.89. The first-order valence-electron chi connectivity index (χ1n) is 7.51. The fourth-order valence-corrected chi connectivity index (χ4v) is 2.59. The molecule has 19 heavy (non-hydrogen) atoms. The van der Waals surface area contributed by atoms with E-state index in [-0.39, 0.29) is 12.0 Å². The lowest BCUT2D eigenvalue weighted by atomic mass is 10.2. The predicted molar refractivity (Wildman–Crippen MR) is 75.1 cm³/mol. The Morgan fingerprint density at radius 3 is 2.42 bits per heavy atom. The van der Waals surface area contributed by atoms with E-state index in [0.29, 0.717) is 6.04 Å². The van der Waals surface area contributed by atoms with Crippen molar-refractivity contribution >= 4 is 5.97 Å². The number of nitrogens with zero attached hydrogens (tertiary/aromatic N) is 2. The predicted octanol–water partition coefficient (Wildman–Crippen LogP) is 0.308. The van der Waals surface area contributed by atoms with E-state index in [1.807, 2.05) is 0 Å². The van der Waals surface area contributed by atoms with Gasteiger partial charge in [0, 0.05) is 38.8 Å². The van der Waals surface area contributed by atoms with Gasteiger partial charge in [0.25, 0.3) is 0 Å². The second-order valence-corrected chi connectivity index (χ2v) is 5.58. The van der Waals surface area contributed by atoms with Crippen molar-refractivity contribution < 1.29 is 9.53 Å². The number of hydrogen-bond acceptors (Lipinski definition) is 5. The monoisotopic (exact) mass is 269 g/mol. The molecular formula is C14H27N3O2. The molecule has 1 aliphatic heterocycles. The van der Waals surface area contributed by atoms with Crippen molar-refractivity contribution in [1.82, 2.24) is 15.1 Å². The van der Waals surface area contributed by atoms with Crippen LogP contribution in [0.2, 0.25) is 0 Å². The molecule has 5 heteroatoms. The molecule has 0 bridgehead atoms. The smallest absolute Gasteiger partial charge is 0.322 e. The lowest BCUT2D eigenvalue weighted by molar-refractivity contribution is -0.143. The van der Waals surface area contributed by atoms with Gasteiger partial charge in [0.1, 0.15) is 6.04 Å². The van der Waals surface area contributed by atoms with Crippen LogP contribution < -0.4 is 5.32 Å². The Balaban J connectivity index is 1.70. The number of nitrogens with one attached hydrogen (secondary N) is 1. The lowest BCUT2D eigenvalue weighted by Gasteiger charge is -2.34. The van der Waals surface area contributed by atoms with Crippen molar-refractivity contribution in [3.8, 4) is 0 Å². The van der Waals surface area contributed by atoms with Gasteiger partial charge in [-0.3, -0.25) is 4.79 Å². The first-order valence-corrected chi connectivity index (χ1v) is 7.51. The minimum absolute atomic E-state index is 0.112. The molecule has 0 aromatic rings. The van der Waals surface area contributed by atoms with E-state index in [4.69, 9.17) is 4.74 Å². The van der Waals surface area contributed by atoms with E-state index in [0.717, 1.165) is 45.7 Å². The van der Waals surface area contributed by atoms with Gasteiger partial charge in [-0.15, -0.1) is 0 Å². The Morgan fingerprint density at radius 1 is 1.26 bits per heavy atom. The average Bonchev–Trinajstić information content (AvgIpc) is 3.27. The van der Waals surface area contributed by atoms with Gasteiger partial charge < -0.3 is 19.9 Å². The van der Waals surface area contributed by atoms with Crippen LogP contribution in [0.4, 0.5) is 0 Å². The van der Waals surface area contributed by atoms with Crippen molar-refractivity contribution in [2.24, 2.45) is 0 Å². The third kappa shape index (κ3) is 4.75. The summed E-state index contributed by atoms with van der Waals surface area (Å²) in [7, 11) is 1.48. The summed E-state index contributed by atoms with van der Waals surface area (Å²) >= 11 is 0. The van der Waals surface area contributed by atoms with Crippen LogP contribution in [0.15, 0.2) is 0 Å². The number of likely N-dealkylation sites (N-methyl/N-ethyl adjacent to an activating group) is 1. The molecule has 1 aliphatic carbocycles. The summed E-state index contributed by atoms with van der Waals surface area (Å²) in [5, 5.41) is 3.39. The van der Waals surface area contributed by atoms with Crippen LogP contribution in [0.1, 0.15) is 26.2 Å². The molecule has 110 valence electrons. The number of esters is 1. The SMILES string of the molecule is CCN1CCN(CCC(NC2CC2)C(=O)OC)CC1. The molecule has 0 aromatic heterocycles. The van der Waals surface area contributed by atoms with Crippen LogP contribution >= 0.6 is 0 Å². The molecule has 1 unspecified atom stereocenters. The summed E-state index contributed by atoms with van der Waals surface area (Å²) in [6.07, 6.45) is 3.25. The average molecular weight is 269 g/mol. The molecule has 1 saturated heterocycles. The number of ether oxygens (including phenoxy) is 1. The van der Waals surface area contributed by atoms with E-state index in [1.54, 1.807) is 0 Å². The quantitative estimate of drug-likeness (QED) is 0.674. The van der Waals surface area contributed by atoms with E-state index in [1.165, 1.54) is 20.0 Å². The van der Waals surface area contributed by atoms with Gasteiger partial charge in [-0.2, -0.15) is 0 Å². The Hall–Kier alpha value is -0.650. The van der Waals surface area contributed by atoms with Gasteiger partial charge in [0.05, 0.1) is 7.11 Å². The van der Waals surface area contributed by atoms with Crippen LogP contribution in [0.3, 0.4) is 0 Å². The number of carbonyl (C=O) groups excluding carboxylic acids is 1. The fourth-order valence-electron chi connectivity index (χ4n) is 2.59. The highest BCUT2D eigenvalue weighted by molar-refractivity contribution is 5.75. The maximum absolute atomic E-state index is 11.7. The number of piperazine rings is 1. The summed E-state index contributed by atoms with van der Waals surface area (Å²) in [4.78, 5) is 16.7. The van der Waals surface area contributed by atoms with Gasteiger partial charge in [-0.1, -0.05) is 6.92 Å². The van der Waals surface area contributed by atoms with Crippen molar-refractivity contribution in [2.45, 2.75) is 38.3 Å². The van der Waals surface area contributed by atoms with E-state index < -0.39 is 0 Å². The maximum Gasteiger partial charge on any atom is 0.322 e. The molecule has 1 heterocycles. The van der Waals surface area contributed by atoms with Crippen LogP contribution in [0.25, 0.3) is 0 Å². The Kier molecular flexibility index (Phi) is 5.60. The Bertz CT molecular complexity index is 286. The molecular weight excluding hydrogens is 242 g/mol. The topological polar surface area (TPSA) is 44.8 Å². The number of hydrogen-bond donors (Lipinski definition) is 1. The first-order chi connectivity index (χ1) is 9.22. The van der Waals surface area contributed by atoms with Crippen molar-refractivity contribution in [1.29, 1.82) is 0 Å². The van der Waals surface area contributed by atoms with Crippen molar-refractivity contribution in [3.05, 3.63) is 0 Å². The number of methoxy groups -OCH3 is 1. The van der Waals surface area contributed by atoms with Gasteiger partial charge in [0.2, 0.25) is 0 Å². The molecule has 1 saturated carbocycles. The molecule has 2 fully saturated rings. The van der Waals surface area contributed by atoms with Gasteiger partial charge in [-0.05, 0) is 25.8 Å². The van der Waals surface area contributed by atoms with E-state index in [9.17, 15) is 4.79 Å². The summed E-state index contributed by atoms with van der Waals surface area (Å²) in [6.45, 7) is 8.86. The fraction of sp³-hybridized carbons (Fsp3) is 0.929. The van der Waals surface area contributed by atoms with Crippen LogP contribution in [0, 0.1) is 0 Å². The Labute approximate surface area is 116 Å². The van der Waals surface area contributed by atoms with Crippen molar-refractivity contribution in [3.63, 3.8) is 0 Å². The van der Waals surface area contributed by atoms with Crippen LogP contribution in [-0.2, 0) is 9.53 Å². The molecule has 5 nitrogen and oxygen atoms in total. The summed E-state index contributed by atoms with van der Waals surface area (Å²) in [5.41, 5.74) is 0. The molecule has 0 spiro atoms. The molecule has 0 aromatic carbocycles. The zero-order valence-electron chi connectivity index (χ0n) is 12.2. The highest BCUT2D eigenvalue weighted by Gasteiger charge is 2.29. The molecule has 1 atom stereocenters. The normalized spacial score (nSPS) is 23.3. The first kappa shape index (κ1) is 14.8. The van der Waals surface area contributed by atoms with Gasteiger partial charge in [-0.25, -0.2) is 0 Å². The molecule has 2 rings (SSSR count). The lowest BCUT2D eigenvalue weighted by Crippen LogP contribution is -2.48. The largest absolute Gasteiger partial charge is 0.468 e. The summed E-state index contributed by atoms with van der Waals surface area (Å²) in [5.74, 6) is -0.112. The molecule has 1 N–H and O–H groups in total. The standard InChI is InChI=1S/C14H27N3O2/c1-3-16-8-10-17(11-9-16)7-6-13(14(18)19-2)15-12-4-5-12/h12-13,15H,3-11H2,1-2H3. The summed E-state index contributed by atoms with van der Waals surface area (Å²) in [6, 6.07) is 0.419. The van der Waals surface area contributed by atoms with Gasteiger partial charge in [0.15, 0.2) is 0 Å². The second kappa shape index (κ2) is 7.22. The van der Waals surface area contributed by atoms with Crippen LogP contribution in [0.5, 0.6) is 0 Å². The highest BCUT2D eigenvalue weighted by atomic mass is 16.5. The third-order valence-corrected chi connectivity index (χ3v) is 4.15. The van der Waals surface area contributed by atoms with Crippen LogP contribution in [-0.4, -0.2) is 74.2 Å². The Morgan fingerprint density at radius 2 is 1.89 bits per heavy atom. The third-order valence-electron chi connectivity index (χ3n) is 4.15. The maximum atomic E-state index is 11.7. The number of rotatable bonds is 7. The van der Waals surface area contributed by atoms with Gasteiger partial charge >= 0.3 is 5.97 Å². The minimum Gasteiger partial charge on any atom is -0.468 e. The van der Waals surface area contributed by atoms with Crippen molar-refractivity contribution in [2.75, 3.05) is 46.4 Å². The number of carbonyl (C=O) groups is 1. The zero-order valence-corrected chi connectivity index (χ0v) is 12.2. The zero-order chi connectivity index (χ0) is 13.7. The van der Waals surface area contributed by atoms with E-state index in [2.05, 4.69) is 22.0 Å². The molecule has 0 amide bonds. The second-order valence-electron chi connectivity index (χ2n) is 5.58. The minimum atomic E-state index is -0.123. The highest BCUT2D eigenvalue weighted by Crippen LogP contribution is 2.20. The molecule has 2 aliphatic rings. The van der Waals surface area contributed by atoms with E-state index >= 15 is 0 Å².